The van der Waals surface area contributed by atoms with Crippen molar-refractivity contribution >= 4 is 0 Å². The minimum Gasteiger partial charge on any atom is -0.308 e. The number of nitrogens with one attached hydrogen (secondary N) is 1. The van der Waals surface area contributed by atoms with Gasteiger partial charge in [0.05, 0.1) is 13.1 Å². The number of nitrogens with zero attached hydrogens (tertiary/aromatic N) is 1. The average molecular weight is 252 g/mol. The van der Waals surface area contributed by atoms with E-state index in [0.29, 0.717) is 32.5 Å². The predicted octanol–water partition coefficient (Wildman–Crippen LogP) is 1.57. The smallest absolute Gasteiger partial charge is 0.308 e. The van der Waals surface area contributed by atoms with Gasteiger partial charge in [-0.3, -0.25) is 4.90 Å². The lowest BCUT2D eigenvalue weighted by atomic mass is 10.0. The molecule has 0 aromatic carbocycles. The number of likely N-dealkylation sites (tertiary alicyclic amines) is 1. The second-order valence-electron chi connectivity index (χ2n) is 4.20. The van der Waals surface area contributed by atoms with Crippen LogP contribution in [-0.2, 0) is 0 Å². The Bertz CT molecular complexity index is 267. The van der Waals surface area contributed by atoms with E-state index in [0.717, 1.165) is 0 Å². The van der Waals surface area contributed by atoms with Gasteiger partial charge in [0.1, 0.15) is 0 Å². The van der Waals surface area contributed by atoms with Crippen LogP contribution in [0.4, 0.5) is 17.6 Å². The van der Waals surface area contributed by atoms with E-state index in [4.69, 9.17) is 6.42 Å². The summed E-state index contributed by atoms with van der Waals surface area (Å²) >= 11 is 0. The molecule has 0 aliphatic carbocycles. The first-order valence-electron chi connectivity index (χ1n) is 5.51. The number of piperidine rings is 1. The molecule has 0 radical (unpaired) electrons. The summed E-state index contributed by atoms with van der Waals surface area (Å²) < 4.78 is 49.1. The van der Waals surface area contributed by atoms with Crippen LogP contribution in [0.1, 0.15) is 12.8 Å². The molecule has 2 nitrogen and oxygen atoms in total. The van der Waals surface area contributed by atoms with Crippen LogP contribution in [0.3, 0.4) is 0 Å². The van der Waals surface area contributed by atoms with Crippen LogP contribution in [-0.4, -0.2) is 49.5 Å². The van der Waals surface area contributed by atoms with E-state index in [1.54, 1.807) is 0 Å². The van der Waals surface area contributed by atoms with Crippen LogP contribution in [0.15, 0.2) is 0 Å². The molecule has 0 spiro atoms. The summed E-state index contributed by atoms with van der Waals surface area (Å²) in [5, 5.41) is 2.50. The Balaban J connectivity index is 2.25. The number of hydrogen-bond donors (Lipinski definition) is 1. The van der Waals surface area contributed by atoms with Gasteiger partial charge in [0, 0.05) is 19.1 Å². The van der Waals surface area contributed by atoms with E-state index in [-0.39, 0.29) is 6.04 Å². The molecule has 1 N–H and O–H groups in total. The Morgan fingerprint density at radius 1 is 1.35 bits per heavy atom. The first-order chi connectivity index (χ1) is 7.95. The van der Waals surface area contributed by atoms with E-state index < -0.39 is 18.9 Å². The first-order valence-corrected chi connectivity index (χ1v) is 5.51. The maximum absolute atomic E-state index is 12.6. The Morgan fingerprint density at radius 3 is 2.41 bits per heavy atom. The summed E-state index contributed by atoms with van der Waals surface area (Å²) in [4.78, 5) is 2.03. The highest BCUT2D eigenvalue weighted by Crippen LogP contribution is 2.22. The standard InChI is InChI=1S/C11H16F4N2/c1-2-5-17-6-3-9(4-7-17)16-8-11(14,15)10(12)13/h1,9-10,16H,3-8H2. The van der Waals surface area contributed by atoms with E-state index >= 15 is 0 Å². The molecule has 1 rings (SSSR count). The quantitative estimate of drug-likeness (QED) is 0.590. The van der Waals surface area contributed by atoms with Gasteiger partial charge in [0.25, 0.3) is 0 Å². The molecular formula is C11H16F4N2. The number of halogens is 4. The molecule has 98 valence electrons. The third-order valence-electron chi connectivity index (χ3n) is 2.85. The lowest BCUT2D eigenvalue weighted by molar-refractivity contribution is -0.126. The fourth-order valence-electron chi connectivity index (χ4n) is 1.78. The van der Waals surface area contributed by atoms with Gasteiger partial charge in [0.2, 0.25) is 0 Å². The van der Waals surface area contributed by atoms with Crippen molar-refractivity contribution in [3.8, 4) is 12.3 Å². The van der Waals surface area contributed by atoms with Crippen LogP contribution in [0.25, 0.3) is 0 Å². The summed E-state index contributed by atoms with van der Waals surface area (Å²) in [6.45, 7) is 0.995. The highest BCUT2D eigenvalue weighted by Gasteiger charge is 2.40. The van der Waals surface area contributed by atoms with Crippen LogP contribution < -0.4 is 5.32 Å². The van der Waals surface area contributed by atoms with Crippen molar-refractivity contribution in [2.75, 3.05) is 26.2 Å². The molecule has 1 fully saturated rings. The Labute approximate surface area is 98.4 Å². The van der Waals surface area contributed by atoms with Crippen molar-refractivity contribution in [3.63, 3.8) is 0 Å². The normalized spacial score (nSPS) is 19.5. The minimum absolute atomic E-state index is 0.131. The fourth-order valence-corrected chi connectivity index (χ4v) is 1.78. The van der Waals surface area contributed by atoms with Gasteiger partial charge in [-0.25, -0.2) is 8.78 Å². The summed E-state index contributed by atoms with van der Waals surface area (Å²) in [6, 6.07) is -0.131. The van der Waals surface area contributed by atoms with E-state index in [9.17, 15) is 17.6 Å². The molecule has 1 saturated heterocycles. The molecule has 1 heterocycles. The molecule has 0 bridgehead atoms. The van der Waals surface area contributed by atoms with Crippen LogP contribution in [0.2, 0.25) is 0 Å². The second kappa shape index (κ2) is 6.22. The van der Waals surface area contributed by atoms with Crippen molar-refractivity contribution in [2.45, 2.75) is 31.2 Å². The average Bonchev–Trinajstić information content (AvgIpc) is 2.28. The molecule has 0 amide bonds. The van der Waals surface area contributed by atoms with Crippen LogP contribution >= 0.6 is 0 Å². The van der Waals surface area contributed by atoms with Gasteiger partial charge in [-0.1, -0.05) is 5.92 Å². The molecule has 1 aliphatic heterocycles. The maximum Gasteiger partial charge on any atom is 0.319 e. The third kappa shape index (κ3) is 4.52. The zero-order valence-electron chi connectivity index (χ0n) is 9.43. The van der Waals surface area contributed by atoms with Gasteiger partial charge >= 0.3 is 12.3 Å². The lowest BCUT2D eigenvalue weighted by Crippen LogP contribution is -2.47. The Hall–Kier alpha value is -0.800. The first kappa shape index (κ1) is 14.3. The van der Waals surface area contributed by atoms with Gasteiger partial charge in [-0.15, -0.1) is 6.42 Å². The topological polar surface area (TPSA) is 15.3 Å². The molecule has 1 aliphatic rings. The van der Waals surface area contributed by atoms with Crippen molar-refractivity contribution < 1.29 is 17.6 Å². The zero-order chi connectivity index (χ0) is 12.9. The molecule has 0 unspecified atom stereocenters. The lowest BCUT2D eigenvalue weighted by Gasteiger charge is -2.32. The summed E-state index contributed by atoms with van der Waals surface area (Å²) in [5.41, 5.74) is 0. The second-order valence-corrected chi connectivity index (χ2v) is 4.20. The van der Waals surface area contributed by atoms with E-state index in [2.05, 4.69) is 11.2 Å². The molecule has 0 aromatic rings. The number of hydrogen-bond acceptors (Lipinski definition) is 2. The van der Waals surface area contributed by atoms with Crippen molar-refractivity contribution in [2.24, 2.45) is 0 Å². The summed E-state index contributed by atoms with van der Waals surface area (Å²) in [6.07, 6.45) is 2.85. The minimum atomic E-state index is -3.95. The van der Waals surface area contributed by atoms with E-state index in [1.807, 2.05) is 4.90 Å². The molecule has 0 atom stereocenters. The summed E-state index contributed by atoms with van der Waals surface area (Å²) in [5.74, 6) is -1.44. The Morgan fingerprint density at radius 2 is 1.94 bits per heavy atom. The highest BCUT2D eigenvalue weighted by atomic mass is 19.3. The zero-order valence-corrected chi connectivity index (χ0v) is 9.43. The number of rotatable bonds is 5. The SMILES string of the molecule is C#CCN1CCC(NCC(F)(F)C(F)F)CC1. The monoisotopic (exact) mass is 252 g/mol. The van der Waals surface area contributed by atoms with Crippen LogP contribution in [0, 0.1) is 12.3 Å². The molecule has 0 aromatic heterocycles. The van der Waals surface area contributed by atoms with Gasteiger partial charge in [-0.2, -0.15) is 8.78 Å². The predicted molar refractivity (Wildman–Crippen MR) is 57.2 cm³/mol. The molecule has 17 heavy (non-hydrogen) atoms. The van der Waals surface area contributed by atoms with E-state index in [1.165, 1.54) is 0 Å². The largest absolute Gasteiger partial charge is 0.319 e. The van der Waals surface area contributed by atoms with Crippen molar-refractivity contribution in [1.29, 1.82) is 0 Å². The van der Waals surface area contributed by atoms with Gasteiger partial charge in [-0.05, 0) is 12.8 Å². The fraction of sp³-hybridized carbons (Fsp3) is 0.818. The maximum atomic E-state index is 12.6. The third-order valence-corrected chi connectivity index (χ3v) is 2.85. The Kier molecular flexibility index (Phi) is 5.22. The number of terminal acetylenes is 1. The highest BCUT2D eigenvalue weighted by molar-refractivity contribution is 4.90. The van der Waals surface area contributed by atoms with Crippen molar-refractivity contribution in [3.05, 3.63) is 0 Å². The molecule has 0 saturated carbocycles. The van der Waals surface area contributed by atoms with Gasteiger partial charge in [0.15, 0.2) is 0 Å². The molecule has 6 heteroatoms. The number of alkyl halides is 4. The summed E-state index contributed by atoms with van der Waals surface area (Å²) in [7, 11) is 0. The van der Waals surface area contributed by atoms with Gasteiger partial charge < -0.3 is 5.32 Å². The van der Waals surface area contributed by atoms with Crippen LogP contribution in [0.5, 0.6) is 0 Å². The molecular weight excluding hydrogens is 236 g/mol. The van der Waals surface area contributed by atoms with Crippen molar-refractivity contribution in [1.82, 2.24) is 10.2 Å².